The smallest absolute Gasteiger partial charge is 0.293 e. The maximum atomic E-state index is 12.7. The number of hydrogen-bond acceptors (Lipinski definition) is 4. The lowest BCUT2D eigenvalue weighted by Crippen LogP contribution is -2.37. The Kier molecular flexibility index (Phi) is 4.97. The van der Waals surface area contributed by atoms with Gasteiger partial charge in [-0.05, 0) is 56.6 Å². The van der Waals surface area contributed by atoms with Crippen LogP contribution in [0.2, 0.25) is 0 Å². The molecule has 1 aliphatic carbocycles. The van der Waals surface area contributed by atoms with Crippen LogP contribution in [-0.2, 0) is 0 Å². The van der Waals surface area contributed by atoms with Crippen molar-refractivity contribution in [1.29, 1.82) is 0 Å². The van der Waals surface area contributed by atoms with Crippen LogP contribution in [0.4, 0.5) is 11.4 Å². The summed E-state index contributed by atoms with van der Waals surface area (Å²) >= 11 is 0. The van der Waals surface area contributed by atoms with Crippen molar-refractivity contribution in [2.75, 3.05) is 25.0 Å². The first-order chi connectivity index (χ1) is 11.9. The van der Waals surface area contributed by atoms with E-state index < -0.39 is 0 Å². The molecule has 0 N–H and O–H groups in total. The van der Waals surface area contributed by atoms with E-state index in [0.717, 1.165) is 38.8 Å². The normalized spacial score (nSPS) is 21.7. The third-order valence-electron chi connectivity index (χ3n) is 5.65. The molecule has 2 aliphatic rings. The molecule has 1 heterocycles. The number of anilines is 1. The second-order valence-electron chi connectivity index (χ2n) is 7.65. The van der Waals surface area contributed by atoms with E-state index >= 15 is 0 Å². The lowest BCUT2D eigenvalue weighted by Gasteiger charge is -2.32. The molecule has 1 aromatic rings. The first-order valence-corrected chi connectivity index (χ1v) is 9.19. The third kappa shape index (κ3) is 3.78. The van der Waals surface area contributed by atoms with Crippen LogP contribution in [0.15, 0.2) is 18.2 Å². The standard InChI is InChI=1S/C19H27N3O3/c1-13-5-4-10-21(12-13)17-9-8-16(11-18(17)22(24)25)19(23)20(3)14(2)15-6-7-15/h8-9,11,13-15H,4-7,10,12H2,1-3H3. The van der Waals surface area contributed by atoms with Gasteiger partial charge in [0.05, 0.1) is 4.92 Å². The van der Waals surface area contributed by atoms with Gasteiger partial charge in [-0.1, -0.05) is 6.92 Å². The van der Waals surface area contributed by atoms with Crippen LogP contribution in [0, 0.1) is 22.0 Å². The molecule has 2 unspecified atom stereocenters. The molecule has 0 radical (unpaired) electrons. The number of rotatable bonds is 5. The number of carbonyl (C=O) groups excluding carboxylic acids is 1. The molecule has 25 heavy (non-hydrogen) atoms. The van der Waals surface area contributed by atoms with E-state index in [-0.39, 0.29) is 22.6 Å². The maximum absolute atomic E-state index is 12.7. The minimum Gasteiger partial charge on any atom is -0.366 e. The summed E-state index contributed by atoms with van der Waals surface area (Å²) in [5.41, 5.74) is 1.06. The zero-order valence-corrected chi connectivity index (χ0v) is 15.3. The van der Waals surface area contributed by atoms with Gasteiger partial charge < -0.3 is 9.80 Å². The van der Waals surface area contributed by atoms with Gasteiger partial charge in [-0.15, -0.1) is 0 Å². The summed E-state index contributed by atoms with van der Waals surface area (Å²) in [6.07, 6.45) is 4.52. The Balaban J connectivity index is 1.85. The summed E-state index contributed by atoms with van der Waals surface area (Å²) in [6, 6.07) is 5.11. The number of piperidine rings is 1. The molecule has 1 aliphatic heterocycles. The second kappa shape index (κ2) is 7.02. The zero-order valence-electron chi connectivity index (χ0n) is 15.3. The van der Waals surface area contributed by atoms with Gasteiger partial charge in [0.1, 0.15) is 5.69 Å². The Morgan fingerprint density at radius 1 is 1.36 bits per heavy atom. The van der Waals surface area contributed by atoms with Gasteiger partial charge >= 0.3 is 0 Å². The average Bonchev–Trinajstić information content (AvgIpc) is 3.44. The maximum Gasteiger partial charge on any atom is 0.293 e. The minimum absolute atomic E-state index is 0.0347. The molecule has 1 amide bonds. The molecule has 0 aromatic heterocycles. The fourth-order valence-electron chi connectivity index (χ4n) is 3.76. The largest absolute Gasteiger partial charge is 0.366 e. The zero-order chi connectivity index (χ0) is 18.1. The van der Waals surface area contributed by atoms with Crippen molar-refractivity contribution in [2.45, 2.75) is 45.6 Å². The van der Waals surface area contributed by atoms with Crippen molar-refractivity contribution in [2.24, 2.45) is 11.8 Å². The lowest BCUT2D eigenvalue weighted by atomic mass is 9.99. The number of benzene rings is 1. The molecule has 2 fully saturated rings. The predicted molar refractivity (Wildman–Crippen MR) is 98.0 cm³/mol. The van der Waals surface area contributed by atoms with Crippen LogP contribution in [0.3, 0.4) is 0 Å². The van der Waals surface area contributed by atoms with E-state index in [1.54, 1.807) is 24.1 Å². The molecule has 6 nitrogen and oxygen atoms in total. The number of nitrogens with zero attached hydrogens (tertiary/aromatic N) is 3. The van der Waals surface area contributed by atoms with Gasteiger partial charge in [0, 0.05) is 37.8 Å². The minimum atomic E-state index is -0.365. The monoisotopic (exact) mass is 345 g/mol. The van der Waals surface area contributed by atoms with Crippen molar-refractivity contribution in [1.82, 2.24) is 4.90 Å². The summed E-state index contributed by atoms with van der Waals surface area (Å²) in [7, 11) is 1.79. The SMILES string of the molecule is CC1CCCN(c2ccc(C(=O)N(C)C(C)C3CC3)cc2[N+](=O)[O-])C1. The van der Waals surface area contributed by atoms with Gasteiger partial charge in [-0.3, -0.25) is 14.9 Å². The summed E-state index contributed by atoms with van der Waals surface area (Å²) < 4.78 is 0. The molecule has 0 bridgehead atoms. The molecule has 1 aromatic carbocycles. The first-order valence-electron chi connectivity index (χ1n) is 9.19. The number of nitro groups is 1. The molecule has 3 rings (SSSR count). The summed E-state index contributed by atoms with van der Waals surface area (Å²) in [5, 5.41) is 11.6. The average molecular weight is 345 g/mol. The Hall–Kier alpha value is -2.11. The van der Waals surface area contributed by atoms with Crippen molar-refractivity contribution >= 4 is 17.3 Å². The highest BCUT2D eigenvalue weighted by Gasteiger charge is 2.33. The molecule has 1 saturated carbocycles. The Bertz CT molecular complexity index is 672. The fraction of sp³-hybridized carbons (Fsp3) is 0.632. The highest BCUT2D eigenvalue weighted by atomic mass is 16.6. The van der Waals surface area contributed by atoms with Crippen molar-refractivity contribution < 1.29 is 9.72 Å². The van der Waals surface area contributed by atoms with E-state index in [1.807, 2.05) is 6.92 Å². The van der Waals surface area contributed by atoms with Gasteiger partial charge in [-0.2, -0.15) is 0 Å². The van der Waals surface area contributed by atoms with Gasteiger partial charge in [0.25, 0.3) is 11.6 Å². The highest BCUT2D eigenvalue weighted by molar-refractivity contribution is 5.96. The van der Waals surface area contributed by atoms with E-state index in [2.05, 4.69) is 11.8 Å². The Morgan fingerprint density at radius 3 is 2.68 bits per heavy atom. The number of amides is 1. The van der Waals surface area contributed by atoms with E-state index in [9.17, 15) is 14.9 Å². The number of carbonyl (C=O) groups is 1. The molecule has 6 heteroatoms. The van der Waals surface area contributed by atoms with Gasteiger partial charge in [0.15, 0.2) is 0 Å². The van der Waals surface area contributed by atoms with Crippen LogP contribution in [0.5, 0.6) is 0 Å². The predicted octanol–water partition coefficient (Wildman–Crippen LogP) is 3.70. The third-order valence-corrected chi connectivity index (χ3v) is 5.65. The van der Waals surface area contributed by atoms with Gasteiger partial charge in [0.2, 0.25) is 0 Å². The molecule has 2 atom stereocenters. The van der Waals surface area contributed by atoms with E-state index in [0.29, 0.717) is 23.1 Å². The molecular weight excluding hydrogens is 318 g/mol. The van der Waals surface area contributed by atoms with Crippen molar-refractivity contribution in [3.05, 3.63) is 33.9 Å². The van der Waals surface area contributed by atoms with Crippen LogP contribution in [-0.4, -0.2) is 41.9 Å². The summed E-state index contributed by atoms with van der Waals surface area (Å²) in [4.78, 5) is 27.8. The van der Waals surface area contributed by atoms with Crippen LogP contribution >= 0.6 is 0 Å². The Labute approximate surface area is 148 Å². The van der Waals surface area contributed by atoms with Crippen LogP contribution in [0.1, 0.15) is 49.9 Å². The van der Waals surface area contributed by atoms with E-state index in [4.69, 9.17) is 0 Å². The van der Waals surface area contributed by atoms with Gasteiger partial charge in [-0.25, -0.2) is 0 Å². The molecule has 136 valence electrons. The molecule has 1 saturated heterocycles. The number of hydrogen-bond donors (Lipinski definition) is 0. The number of nitro benzene ring substituents is 1. The Morgan fingerprint density at radius 2 is 2.08 bits per heavy atom. The second-order valence-corrected chi connectivity index (χ2v) is 7.65. The fourth-order valence-corrected chi connectivity index (χ4v) is 3.76. The van der Waals surface area contributed by atoms with Crippen LogP contribution < -0.4 is 4.90 Å². The van der Waals surface area contributed by atoms with Crippen LogP contribution in [0.25, 0.3) is 0 Å². The highest BCUT2D eigenvalue weighted by Crippen LogP contribution is 2.36. The molecule has 0 spiro atoms. The van der Waals surface area contributed by atoms with Crippen molar-refractivity contribution in [3.63, 3.8) is 0 Å². The van der Waals surface area contributed by atoms with Crippen molar-refractivity contribution in [3.8, 4) is 0 Å². The molecular formula is C19H27N3O3. The summed E-state index contributed by atoms with van der Waals surface area (Å²) in [6.45, 7) is 5.88. The first kappa shape index (κ1) is 17.7. The lowest BCUT2D eigenvalue weighted by molar-refractivity contribution is -0.384. The summed E-state index contributed by atoms with van der Waals surface area (Å²) in [5.74, 6) is 0.958. The topological polar surface area (TPSA) is 66.7 Å². The van der Waals surface area contributed by atoms with E-state index in [1.165, 1.54) is 6.07 Å². The quantitative estimate of drug-likeness (QED) is 0.603.